The molecule has 1 N–H and O–H groups in total. The molecule has 1 aliphatic heterocycles. The number of carboxylic acid groups (broad SMARTS) is 1. The van der Waals surface area contributed by atoms with Gasteiger partial charge in [0, 0.05) is 18.8 Å². The lowest BCUT2D eigenvalue weighted by Gasteiger charge is -2.35. The average molecular weight is 302 g/mol. The molecule has 1 rings (SSSR count). The van der Waals surface area contributed by atoms with Crippen molar-refractivity contribution >= 4 is 23.8 Å². The van der Waals surface area contributed by atoms with E-state index < -0.39 is 12.0 Å². The van der Waals surface area contributed by atoms with Gasteiger partial charge in [-0.05, 0) is 19.3 Å². The Labute approximate surface area is 125 Å². The molecule has 0 radical (unpaired) electrons. The van der Waals surface area contributed by atoms with Crippen LogP contribution in [0.3, 0.4) is 0 Å². The molecule has 5 nitrogen and oxygen atoms in total. The van der Waals surface area contributed by atoms with Crippen LogP contribution in [0, 0.1) is 0 Å². The van der Waals surface area contributed by atoms with Gasteiger partial charge in [-0.3, -0.25) is 4.90 Å². The van der Waals surface area contributed by atoms with Gasteiger partial charge in [0.25, 0.3) is 0 Å². The van der Waals surface area contributed by atoms with Gasteiger partial charge in [-0.1, -0.05) is 27.2 Å². The first-order valence-corrected chi connectivity index (χ1v) is 8.42. The fourth-order valence-electron chi connectivity index (χ4n) is 2.65. The standard InChI is InChI=1S/C14H26N2O3S/c1-5-8-12-16(11(9-20-12)13(17)18)14(19)15(4)10(6-2)7-3/h10-12H,5-9H2,1-4H3,(H,17,18). The van der Waals surface area contributed by atoms with Crippen LogP contribution in [-0.4, -0.2) is 57.2 Å². The van der Waals surface area contributed by atoms with Crippen LogP contribution in [0.2, 0.25) is 0 Å². The van der Waals surface area contributed by atoms with Crippen LogP contribution in [0.1, 0.15) is 46.5 Å². The molecule has 0 bridgehead atoms. The molecule has 1 heterocycles. The second-order valence-corrected chi connectivity index (χ2v) is 6.41. The highest BCUT2D eigenvalue weighted by Gasteiger charge is 2.42. The maximum atomic E-state index is 12.7. The van der Waals surface area contributed by atoms with Gasteiger partial charge in [0.1, 0.15) is 6.04 Å². The zero-order chi connectivity index (χ0) is 15.3. The van der Waals surface area contributed by atoms with E-state index in [0.29, 0.717) is 5.75 Å². The Morgan fingerprint density at radius 3 is 2.40 bits per heavy atom. The highest BCUT2D eigenvalue weighted by Crippen LogP contribution is 2.33. The maximum absolute atomic E-state index is 12.7. The summed E-state index contributed by atoms with van der Waals surface area (Å²) in [6, 6.07) is -0.666. The van der Waals surface area contributed by atoms with Gasteiger partial charge in [-0.25, -0.2) is 9.59 Å². The van der Waals surface area contributed by atoms with Crippen molar-refractivity contribution in [3.05, 3.63) is 0 Å². The summed E-state index contributed by atoms with van der Waals surface area (Å²) in [5, 5.41) is 9.32. The minimum atomic E-state index is -0.901. The number of carboxylic acids is 1. The molecule has 2 atom stereocenters. The van der Waals surface area contributed by atoms with Crippen LogP contribution in [-0.2, 0) is 4.79 Å². The molecule has 0 aromatic heterocycles. The molecule has 1 saturated heterocycles. The Morgan fingerprint density at radius 2 is 1.95 bits per heavy atom. The molecule has 0 aliphatic carbocycles. The van der Waals surface area contributed by atoms with E-state index in [4.69, 9.17) is 0 Å². The van der Waals surface area contributed by atoms with E-state index in [0.717, 1.165) is 25.7 Å². The quantitative estimate of drug-likeness (QED) is 0.819. The molecule has 2 amide bonds. The zero-order valence-electron chi connectivity index (χ0n) is 12.8. The Bertz CT molecular complexity index is 347. The number of hydrogen-bond acceptors (Lipinski definition) is 3. The smallest absolute Gasteiger partial charge is 0.327 e. The van der Waals surface area contributed by atoms with Crippen molar-refractivity contribution in [1.82, 2.24) is 9.80 Å². The van der Waals surface area contributed by atoms with Crippen LogP contribution in [0.25, 0.3) is 0 Å². The summed E-state index contributed by atoms with van der Waals surface area (Å²) in [4.78, 5) is 27.3. The number of hydrogen-bond donors (Lipinski definition) is 1. The Hall–Kier alpha value is -0.910. The molecular weight excluding hydrogens is 276 g/mol. The van der Waals surface area contributed by atoms with Crippen LogP contribution < -0.4 is 0 Å². The zero-order valence-corrected chi connectivity index (χ0v) is 13.7. The number of nitrogens with zero attached hydrogens (tertiary/aromatic N) is 2. The number of thioether (sulfide) groups is 1. The van der Waals surface area contributed by atoms with Gasteiger partial charge in [0.15, 0.2) is 0 Å². The minimum Gasteiger partial charge on any atom is -0.480 e. The molecule has 20 heavy (non-hydrogen) atoms. The summed E-state index contributed by atoms with van der Waals surface area (Å²) < 4.78 is 0. The Balaban J connectivity index is 2.90. The summed E-state index contributed by atoms with van der Waals surface area (Å²) in [7, 11) is 1.78. The van der Waals surface area contributed by atoms with Gasteiger partial charge in [0.05, 0.1) is 5.37 Å². The molecule has 116 valence electrons. The van der Waals surface area contributed by atoms with Crippen molar-refractivity contribution < 1.29 is 14.7 Å². The average Bonchev–Trinajstić information content (AvgIpc) is 2.83. The van der Waals surface area contributed by atoms with Crippen molar-refractivity contribution in [2.45, 2.75) is 63.9 Å². The number of aliphatic carboxylic acids is 1. The summed E-state index contributed by atoms with van der Waals surface area (Å²) in [6.45, 7) is 6.16. The maximum Gasteiger partial charge on any atom is 0.327 e. The molecule has 1 aliphatic rings. The molecule has 0 saturated carbocycles. The van der Waals surface area contributed by atoms with Gasteiger partial charge in [-0.15, -0.1) is 11.8 Å². The summed E-state index contributed by atoms with van der Waals surface area (Å²) in [5.74, 6) is -0.412. The predicted molar refractivity (Wildman–Crippen MR) is 81.9 cm³/mol. The minimum absolute atomic E-state index is 0.00888. The molecule has 0 spiro atoms. The summed E-state index contributed by atoms with van der Waals surface area (Å²) in [6.07, 6.45) is 3.56. The molecule has 1 fully saturated rings. The number of carbonyl (C=O) groups excluding carboxylic acids is 1. The van der Waals surface area contributed by atoms with E-state index in [-0.39, 0.29) is 17.4 Å². The molecule has 2 unspecified atom stereocenters. The summed E-state index contributed by atoms with van der Waals surface area (Å²) >= 11 is 1.58. The number of carbonyl (C=O) groups is 2. The van der Waals surface area contributed by atoms with Gasteiger partial charge in [0.2, 0.25) is 0 Å². The van der Waals surface area contributed by atoms with Crippen LogP contribution >= 0.6 is 11.8 Å². The molecule has 6 heteroatoms. The Morgan fingerprint density at radius 1 is 1.35 bits per heavy atom. The molecule has 0 aromatic rings. The van der Waals surface area contributed by atoms with E-state index in [2.05, 4.69) is 20.8 Å². The second kappa shape index (κ2) is 7.76. The van der Waals surface area contributed by atoms with E-state index in [1.54, 1.807) is 28.6 Å². The monoisotopic (exact) mass is 302 g/mol. The normalized spacial score (nSPS) is 22.4. The lowest BCUT2D eigenvalue weighted by Crippen LogP contribution is -2.52. The first-order chi connectivity index (χ1) is 9.47. The van der Waals surface area contributed by atoms with Crippen LogP contribution in [0.15, 0.2) is 0 Å². The van der Waals surface area contributed by atoms with Crippen molar-refractivity contribution in [2.75, 3.05) is 12.8 Å². The molecule has 0 aromatic carbocycles. The van der Waals surface area contributed by atoms with Crippen molar-refractivity contribution in [1.29, 1.82) is 0 Å². The fourth-order valence-corrected chi connectivity index (χ4v) is 4.16. The predicted octanol–water partition coefficient (Wildman–Crippen LogP) is 2.86. The van der Waals surface area contributed by atoms with Crippen LogP contribution in [0.5, 0.6) is 0 Å². The third kappa shape index (κ3) is 3.59. The number of urea groups is 1. The van der Waals surface area contributed by atoms with Crippen molar-refractivity contribution in [3.8, 4) is 0 Å². The molecular formula is C14H26N2O3S. The third-order valence-corrected chi connectivity index (χ3v) is 5.28. The number of rotatable bonds is 6. The van der Waals surface area contributed by atoms with Crippen molar-refractivity contribution in [2.24, 2.45) is 0 Å². The lowest BCUT2D eigenvalue weighted by atomic mass is 10.1. The first kappa shape index (κ1) is 17.1. The van der Waals surface area contributed by atoms with Crippen LogP contribution in [0.4, 0.5) is 4.79 Å². The van der Waals surface area contributed by atoms with E-state index >= 15 is 0 Å². The highest BCUT2D eigenvalue weighted by molar-refractivity contribution is 8.00. The Kier molecular flexibility index (Phi) is 6.65. The van der Waals surface area contributed by atoms with E-state index in [1.165, 1.54) is 0 Å². The summed E-state index contributed by atoms with van der Waals surface area (Å²) in [5.41, 5.74) is 0. The third-order valence-electron chi connectivity index (χ3n) is 3.93. The van der Waals surface area contributed by atoms with E-state index in [9.17, 15) is 14.7 Å². The van der Waals surface area contributed by atoms with Gasteiger partial charge >= 0.3 is 12.0 Å². The van der Waals surface area contributed by atoms with Crippen molar-refractivity contribution in [3.63, 3.8) is 0 Å². The second-order valence-electron chi connectivity index (χ2n) is 5.20. The lowest BCUT2D eigenvalue weighted by molar-refractivity contribution is -0.141. The largest absolute Gasteiger partial charge is 0.480 e. The number of amides is 2. The van der Waals surface area contributed by atoms with E-state index in [1.807, 2.05) is 0 Å². The highest BCUT2D eigenvalue weighted by atomic mass is 32.2. The SMILES string of the molecule is CCCC1SCC(C(=O)O)N1C(=O)N(C)C(CC)CC. The van der Waals surface area contributed by atoms with Gasteiger partial charge < -0.3 is 10.0 Å². The van der Waals surface area contributed by atoms with Gasteiger partial charge in [-0.2, -0.15) is 0 Å². The first-order valence-electron chi connectivity index (χ1n) is 7.37. The topological polar surface area (TPSA) is 60.9 Å². The fraction of sp³-hybridized carbons (Fsp3) is 0.857.